The van der Waals surface area contributed by atoms with Crippen LogP contribution in [-0.2, 0) is 7.05 Å². The van der Waals surface area contributed by atoms with Crippen LogP contribution in [0.1, 0.15) is 67.7 Å². The standard InChI is InChI=1S/C20H27N3O2/c1-6-14(4)15-7-9-16(10-8-15)19(13(2)3)21-20(25)17-11-12-18(24)23(5)22-17/h7-14,19H,6H2,1-5H3,(H,21,25). The molecule has 0 spiro atoms. The monoisotopic (exact) mass is 341 g/mol. The smallest absolute Gasteiger partial charge is 0.272 e. The van der Waals surface area contributed by atoms with E-state index in [0.717, 1.165) is 12.0 Å². The van der Waals surface area contributed by atoms with E-state index < -0.39 is 0 Å². The lowest BCUT2D eigenvalue weighted by molar-refractivity contribution is 0.0918. The highest BCUT2D eigenvalue weighted by Gasteiger charge is 2.20. The highest BCUT2D eigenvalue weighted by Crippen LogP contribution is 2.25. The summed E-state index contributed by atoms with van der Waals surface area (Å²) in [7, 11) is 1.53. The van der Waals surface area contributed by atoms with Crippen molar-refractivity contribution >= 4 is 5.91 Å². The van der Waals surface area contributed by atoms with Crippen molar-refractivity contribution in [1.29, 1.82) is 0 Å². The van der Waals surface area contributed by atoms with Crippen LogP contribution in [0.4, 0.5) is 0 Å². The first kappa shape index (κ1) is 18.9. The van der Waals surface area contributed by atoms with E-state index in [4.69, 9.17) is 0 Å². The highest BCUT2D eigenvalue weighted by atomic mass is 16.2. The molecule has 0 bridgehead atoms. The molecular weight excluding hydrogens is 314 g/mol. The molecule has 2 atom stereocenters. The lowest BCUT2D eigenvalue weighted by atomic mass is 9.92. The fourth-order valence-electron chi connectivity index (χ4n) is 2.74. The van der Waals surface area contributed by atoms with Crippen LogP contribution in [0.25, 0.3) is 0 Å². The van der Waals surface area contributed by atoms with Crippen LogP contribution < -0.4 is 10.9 Å². The first-order valence-electron chi connectivity index (χ1n) is 8.78. The van der Waals surface area contributed by atoms with Gasteiger partial charge in [-0.3, -0.25) is 9.59 Å². The van der Waals surface area contributed by atoms with Gasteiger partial charge in [-0.15, -0.1) is 0 Å². The lowest BCUT2D eigenvalue weighted by Gasteiger charge is -2.23. The van der Waals surface area contributed by atoms with Gasteiger partial charge in [-0.2, -0.15) is 5.10 Å². The van der Waals surface area contributed by atoms with Gasteiger partial charge in [0.25, 0.3) is 11.5 Å². The zero-order chi connectivity index (χ0) is 18.6. The third kappa shape index (κ3) is 4.56. The number of aromatic nitrogens is 2. The van der Waals surface area contributed by atoms with Crippen LogP contribution in [-0.4, -0.2) is 15.7 Å². The van der Waals surface area contributed by atoms with Crippen LogP contribution in [0.5, 0.6) is 0 Å². The fraction of sp³-hybridized carbons (Fsp3) is 0.450. The van der Waals surface area contributed by atoms with Gasteiger partial charge in [0.1, 0.15) is 5.69 Å². The topological polar surface area (TPSA) is 64.0 Å². The van der Waals surface area contributed by atoms with E-state index in [1.807, 2.05) is 0 Å². The summed E-state index contributed by atoms with van der Waals surface area (Å²) in [6.45, 7) is 8.53. The van der Waals surface area contributed by atoms with Gasteiger partial charge in [0.05, 0.1) is 6.04 Å². The first-order valence-corrected chi connectivity index (χ1v) is 8.78. The average molecular weight is 341 g/mol. The van der Waals surface area contributed by atoms with E-state index in [9.17, 15) is 9.59 Å². The predicted molar refractivity (Wildman–Crippen MR) is 99.7 cm³/mol. The van der Waals surface area contributed by atoms with Gasteiger partial charge in [0.2, 0.25) is 0 Å². The summed E-state index contributed by atoms with van der Waals surface area (Å²) in [6, 6.07) is 11.1. The zero-order valence-electron chi connectivity index (χ0n) is 15.6. The summed E-state index contributed by atoms with van der Waals surface area (Å²) in [5.41, 5.74) is 2.38. The number of amides is 1. The molecule has 0 aliphatic heterocycles. The maximum absolute atomic E-state index is 12.5. The summed E-state index contributed by atoms with van der Waals surface area (Å²) in [5.74, 6) is 0.474. The number of carbonyl (C=O) groups excluding carboxylic acids is 1. The molecule has 5 nitrogen and oxygen atoms in total. The molecule has 25 heavy (non-hydrogen) atoms. The number of benzene rings is 1. The van der Waals surface area contributed by atoms with Crippen molar-refractivity contribution in [3.05, 3.63) is 63.6 Å². The van der Waals surface area contributed by atoms with Crippen LogP contribution in [0.2, 0.25) is 0 Å². The number of aryl methyl sites for hydroxylation is 1. The van der Waals surface area contributed by atoms with Gasteiger partial charge in [-0.05, 0) is 35.4 Å². The van der Waals surface area contributed by atoms with Crippen molar-refractivity contribution < 1.29 is 4.79 Å². The number of nitrogens with one attached hydrogen (secondary N) is 1. The minimum Gasteiger partial charge on any atom is -0.344 e. The van der Waals surface area contributed by atoms with Crippen LogP contribution in [0.3, 0.4) is 0 Å². The number of hydrogen-bond donors (Lipinski definition) is 1. The average Bonchev–Trinajstić information content (AvgIpc) is 2.61. The molecule has 0 saturated carbocycles. The van der Waals surface area contributed by atoms with Gasteiger partial charge in [0.15, 0.2) is 0 Å². The van der Waals surface area contributed by atoms with Crippen molar-refractivity contribution in [2.45, 2.75) is 46.1 Å². The molecule has 1 aromatic carbocycles. The third-order valence-electron chi connectivity index (χ3n) is 4.62. The van der Waals surface area contributed by atoms with Gasteiger partial charge in [-0.1, -0.05) is 52.0 Å². The van der Waals surface area contributed by atoms with Crippen LogP contribution in [0.15, 0.2) is 41.2 Å². The summed E-state index contributed by atoms with van der Waals surface area (Å²) >= 11 is 0. The molecule has 0 radical (unpaired) electrons. The minimum atomic E-state index is -0.277. The Hall–Kier alpha value is -2.43. The molecule has 0 saturated heterocycles. The largest absolute Gasteiger partial charge is 0.344 e. The molecular formula is C20H27N3O2. The third-order valence-corrected chi connectivity index (χ3v) is 4.62. The van der Waals surface area contributed by atoms with Crippen LogP contribution in [0, 0.1) is 5.92 Å². The Kier molecular flexibility index (Phi) is 6.12. The molecule has 1 heterocycles. The van der Waals surface area contributed by atoms with Crippen molar-refractivity contribution in [3.8, 4) is 0 Å². The predicted octanol–water partition coefficient (Wildman–Crippen LogP) is 3.42. The molecule has 2 aromatic rings. The molecule has 0 aliphatic carbocycles. The first-order chi connectivity index (χ1) is 11.8. The Morgan fingerprint density at radius 3 is 2.20 bits per heavy atom. The van der Waals surface area contributed by atoms with Crippen molar-refractivity contribution in [1.82, 2.24) is 15.1 Å². The van der Waals surface area contributed by atoms with Crippen molar-refractivity contribution in [3.63, 3.8) is 0 Å². The van der Waals surface area contributed by atoms with Gasteiger partial charge in [0, 0.05) is 13.1 Å². The number of nitrogens with zero attached hydrogens (tertiary/aromatic N) is 2. The van der Waals surface area contributed by atoms with E-state index in [-0.39, 0.29) is 29.1 Å². The van der Waals surface area contributed by atoms with Gasteiger partial charge in [-0.25, -0.2) is 4.68 Å². The molecule has 2 rings (SSSR count). The second-order valence-electron chi connectivity index (χ2n) is 6.85. The molecule has 1 amide bonds. The van der Waals surface area contributed by atoms with E-state index in [1.165, 1.54) is 29.4 Å². The lowest BCUT2D eigenvalue weighted by Crippen LogP contribution is -2.33. The Morgan fingerprint density at radius 1 is 1.08 bits per heavy atom. The van der Waals surface area contributed by atoms with Crippen molar-refractivity contribution in [2.24, 2.45) is 13.0 Å². The summed E-state index contributed by atoms with van der Waals surface area (Å²) in [5, 5.41) is 7.06. The van der Waals surface area contributed by atoms with Gasteiger partial charge >= 0.3 is 0 Å². The molecule has 0 fully saturated rings. The summed E-state index contributed by atoms with van der Waals surface area (Å²) < 4.78 is 1.17. The van der Waals surface area contributed by atoms with E-state index in [0.29, 0.717) is 5.92 Å². The molecule has 2 unspecified atom stereocenters. The zero-order valence-corrected chi connectivity index (χ0v) is 15.6. The molecule has 5 heteroatoms. The maximum Gasteiger partial charge on any atom is 0.272 e. The SMILES string of the molecule is CCC(C)c1ccc(C(NC(=O)c2ccc(=O)n(C)n2)C(C)C)cc1. The summed E-state index contributed by atoms with van der Waals surface area (Å²) in [6.07, 6.45) is 1.10. The Morgan fingerprint density at radius 2 is 1.68 bits per heavy atom. The minimum absolute atomic E-state index is 0.113. The maximum atomic E-state index is 12.5. The number of carbonyl (C=O) groups is 1. The second kappa shape index (κ2) is 8.10. The number of hydrogen-bond acceptors (Lipinski definition) is 3. The Balaban J connectivity index is 2.21. The highest BCUT2D eigenvalue weighted by molar-refractivity contribution is 5.92. The fourth-order valence-corrected chi connectivity index (χ4v) is 2.74. The molecule has 0 aliphatic rings. The summed E-state index contributed by atoms with van der Waals surface area (Å²) in [4.78, 5) is 24.0. The van der Waals surface area contributed by atoms with Crippen LogP contribution >= 0.6 is 0 Å². The van der Waals surface area contributed by atoms with Gasteiger partial charge < -0.3 is 5.32 Å². The van der Waals surface area contributed by atoms with E-state index in [1.54, 1.807) is 0 Å². The molecule has 1 N–H and O–H groups in total. The number of rotatable bonds is 6. The molecule has 134 valence electrons. The normalized spacial score (nSPS) is 13.5. The Labute approximate surface area is 149 Å². The van der Waals surface area contributed by atoms with Crippen molar-refractivity contribution in [2.75, 3.05) is 0 Å². The second-order valence-corrected chi connectivity index (χ2v) is 6.85. The molecule has 1 aromatic heterocycles. The quantitative estimate of drug-likeness (QED) is 0.875. The Bertz CT molecular complexity index is 778. The van der Waals surface area contributed by atoms with E-state index >= 15 is 0 Å². The van der Waals surface area contributed by atoms with E-state index in [2.05, 4.69) is 62.4 Å².